The molecule has 0 unspecified atom stereocenters. The molecule has 0 amide bonds. The first-order valence-corrected chi connectivity index (χ1v) is 9.02. The van der Waals surface area contributed by atoms with Gasteiger partial charge < -0.3 is 28.7 Å². The average molecular weight is 390 g/mol. The van der Waals surface area contributed by atoms with Crippen LogP contribution in [0.25, 0.3) is 21.8 Å². The van der Waals surface area contributed by atoms with E-state index in [0.717, 1.165) is 27.7 Å². The van der Waals surface area contributed by atoms with Gasteiger partial charge in [-0.15, -0.1) is 11.3 Å². The molecule has 0 aliphatic heterocycles. The monoisotopic (exact) mass is 390 g/mol. The molecule has 0 bridgehead atoms. The van der Waals surface area contributed by atoms with E-state index in [9.17, 15) is 0 Å². The van der Waals surface area contributed by atoms with E-state index in [1.54, 1.807) is 35.5 Å². The highest BCUT2D eigenvalue weighted by atomic mass is 32.1. The fourth-order valence-corrected chi connectivity index (χ4v) is 3.91. The summed E-state index contributed by atoms with van der Waals surface area (Å²) in [7, 11) is 7.99. The second-order valence-electron chi connectivity index (χ2n) is 5.63. The summed E-state index contributed by atoms with van der Waals surface area (Å²) in [4.78, 5) is 8.90. The minimum atomic E-state index is 0.535. The Kier molecular flexibility index (Phi) is 5.46. The summed E-state index contributed by atoms with van der Waals surface area (Å²) in [6, 6.07) is 3.75. The molecule has 0 spiro atoms. The Hall–Kier alpha value is -2.87. The molecule has 0 atom stereocenters. The summed E-state index contributed by atoms with van der Waals surface area (Å²) < 4.78 is 27.3. The Morgan fingerprint density at radius 3 is 1.93 bits per heavy atom. The number of rotatable bonds is 7. The molecule has 27 heavy (non-hydrogen) atoms. The van der Waals surface area contributed by atoms with Gasteiger partial charge in [0, 0.05) is 10.9 Å². The van der Waals surface area contributed by atoms with Crippen molar-refractivity contribution in [2.45, 2.75) is 6.92 Å². The molecule has 2 heterocycles. The molecule has 0 aliphatic rings. The smallest absolute Gasteiger partial charge is 0.203 e. The molecule has 0 saturated carbocycles. The summed E-state index contributed by atoms with van der Waals surface area (Å²) in [5.41, 5.74) is 2.43. The van der Waals surface area contributed by atoms with E-state index in [4.69, 9.17) is 23.7 Å². The van der Waals surface area contributed by atoms with Gasteiger partial charge in [0.25, 0.3) is 0 Å². The maximum absolute atomic E-state index is 5.56. The van der Waals surface area contributed by atoms with Crippen LogP contribution in [0.2, 0.25) is 0 Å². The van der Waals surface area contributed by atoms with E-state index in [-0.39, 0.29) is 0 Å². The van der Waals surface area contributed by atoms with Crippen LogP contribution in [-0.4, -0.2) is 45.5 Å². The largest absolute Gasteiger partial charge is 0.493 e. The minimum Gasteiger partial charge on any atom is -0.493 e. The van der Waals surface area contributed by atoms with Crippen molar-refractivity contribution in [3.63, 3.8) is 0 Å². The SMILES string of the molecule is COc1cc(-c2nc(C)[nH]c2-c2scc(OC)c2OC)cc(OC)c1OC. The van der Waals surface area contributed by atoms with Gasteiger partial charge in [-0.3, -0.25) is 0 Å². The van der Waals surface area contributed by atoms with E-state index in [2.05, 4.69) is 9.97 Å². The van der Waals surface area contributed by atoms with Crippen molar-refractivity contribution < 1.29 is 23.7 Å². The number of nitrogens with one attached hydrogen (secondary N) is 1. The maximum Gasteiger partial charge on any atom is 0.203 e. The van der Waals surface area contributed by atoms with Crippen LogP contribution in [0, 0.1) is 6.92 Å². The van der Waals surface area contributed by atoms with Gasteiger partial charge in [-0.2, -0.15) is 0 Å². The molecular formula is C19H22N2O5S. The summed E-state index contributed by atoms with van der Waals surface area (Å²) in [6.07, 6.45) is 0. The van der Waals surface area contributed by atoms with Crippen molar-refractivity contribution in [1.29, 1.82) is 0 Å². The second kappa shape index (κ2) is 7.79. The first-order valence-electron chi connectivity index (χ1n) is 8.14. The van der Waals surface area contributed by atoms with Crippen LogP contribution < -0.4 is 23.7 Å². The van der Waals surface area contributed by atoms with Crippen molar-refractivity contribution in [2.24, 2.45) is 0 Å². The highest BCUT2D eigenvalue weighted by Crippen LogP contribution is 2.48. The summed E-state index contributed by atoms with van der Waals surface area (Å²) in [5.74, 6) is 3.79. The number of hydrogen-bond donors (Lipinski definition) is 1. The van der Waals surface area contributed by atoms with Gasteiger partial charge >= 0.3 is 0 Å². The quantitative estimate of drug-likeness (QED) is 0.653. The lowest BCUT2D eigenvalue weighted by molar-refractivity contribution is 0.324. The molecule has 2 aromatic heterocycles. The molecule has 0 aliphatic carbocycles. The average Bonchev–Trinajstić information content (AvgIpc) is 3.28. The van der Waals surface area contributed by atoms with Gasteiger partial charge in [0.05, 0.1) is 51.8 Å². The van der Waals surface area contributed by atoms with Gasteiger partial charge in [0.2, 0.25) is 5.75 Å². The number of aryl methyl sites for hydroxylation is 1. The van der Waals surface area contributed by atoms with Crippen molar-refractivity contribution in [2.75, 3.05) is 35.5 Å². The molecule has 0 fully saturated rings. The van der Waals surface area contributed by atoms with Gasteiger partial charge in [0.1, 0.15) is 5.82 Å². The van der Waals surface area contributed by atoms with Crippen LogP contribution >= 0.6 is 11.3 Å². The van der Waals surface area contributed by atoms with E-state index >= 15 is 0 Å². The molecule has 0 saturated heterocycles. The summed E-state index contributed by atoms with van der Waals surface area (Å²) in [6.45, 7) is 1.91. The lowest BCUT2D eigenvalue weighted by Crippen LogP contribution is -1.96. The normalized spacial score (nSPS) is 10.6. The number of aromatic amines is 1. The fraction of sp³-hybridized carbons (Fsp3) is 0.316. The highest BCUT2D eigenvalue weighted by molar-refractivity contribution is 7.14. The fourth-order valence-electron chi connectivity index (χ4n) is 2.92. The third kappa shape index (κ3) is 3.28. The Morgan fingerprint density at radius 1 is 0.815 bits per heavy atom. The standard InChI is InChI=1S/C19H22N2O5S/c1-10-20-15(11-7-12(22-2)17(25-5)13(8-11)23-3)16(21-10)19-18(26-6)14(24-4)9-27-19/h7-9H,1-6H3,(H,20,21). The number of thiophene rings is 1. The number of benzene rings is 1. The van der Waals surface area contributed by atoms with Crippen LogP contribution in [-0.2, 0) is 0 Å². The van der Waals surface area contributed by atoms with Crippen LogP contribution in [0.3, 0.4) is 0 Å². The number of H-pyrrole nitrogens is 1. The second-order valence-corrected chi connectivity index (χ2v) is 6.51. The number of imidazole rings is 1. The molecule has 3 rings (SSSR count). The Balaban J connectivity index is 2.22. The highest BCUT2D eigenvalue weighted by Gasteiger charge is 2.23. The number of hydrogen-bond acceptors (Lipinski definition) is 7. The lowest BCUT2D eigenvalue weighted by Gasteiger charge is -2.14. The number of nitrogens with zero attached hydrogens (tertiary/aromatic N) is 1. The maximum atomic E-state index is 5.56. The zero-order valence-electron chi connectivity index (χ0n) is 16.1. The summed E-state index contributed by atoms with van der Waals surface area (Å²) >= 11 is 1.52. The zero-order valence-corrected chi connectivity index (χ0v) is 16.9. The third-order valence-electron chi connectivity index (χ3n) is 4.13. The minimum absolute atomic E-state index is 0.535. The Morgan fingerprint density at radius 2 is 1.41 bits per heavy atom. The first kappa shape index (κ1) is 18.9. The molecule has 1 N–H and O–H groups in total. The van der Waals surface area contributed by atoms with Crippen LogP contribution in [0.15, 0.2) is 17.5 Å². The summed E-state index contributed by atoms with van der Waals surface area (Å²) in [5, 5.41) is 1.91. The molecule has 7 nitrogen and oxygen atoms in total. The van der Waals surface area contributed by atoms with Gasteiger partial charge in [-0.1, -0.05) is 0 Å². The number of aromatic nitrogens is 2. The van der Waals surface area contributed by atoms with E-state index < -0.39 is 0 Å². The van der Waals surface area contributed by atoms with E-state index in [1.165, 1.54) is 11.3 Å². The van der Waals surface area contributed by atoms with E-state index in [0.29, 0.717) is 28.7 Å². The molecule has 0 radical (unpaired) electrons. The first-order chi connectivity index (χ1) is 13.1. The Labute approximate surface area is 161 Å². The van der Waals surface area contributed by atoms with Crippen molar-refractivity contribution >= 4 is 11.3 Å². The lowest BCUT2D eigenvalue weighted by atomic mass is 10.1. The van der Waals surface area contributed by atoms with Gasteiger partial charge in [-0.25, -0.2) is 4.98 Å². The van der Waals surface area contributed by atoms with Crippen LogP contribution in [0.4, 0.5) is 0 Å². The van der Waals surface area contributed by atoms with Gasteiger partial charge in [0.15, 0.2) is 23.0 Å². The zero-order chi connectivity index (χ0) is 19.6. The topological polar surface area (TPSA) is 74.8 Å². The molecule has 144 valence electrons. The molecule has 1 aromatic carbocycles. The van der Waals surface area contributed by atoms with Crippen LogP contribution in [0.1, 0.15) is 5.82 Å². The predicted octanol–water partition coefficient (Wildman–Crippen LogP) is 4.16. The molecule has 3 aromatic rings. The van der Waals surface area contributed by atoms with Crippen molar-refractivity contribution in [3.05, 3.63) is 23.3 Å². The Bertz CT molecular complexity index is 923. The predicted molar refractivity (Wildman–Crippen MR) is 105 cm³/mol. The third-order valence-corrected chi connectivity index (χ3v) is 5.08. The number of methoxy groups -OCH3 is 5. The molecule has 8 heteroatoms. The number of ether oxygens (including phenoxy) is 5. The van der Waals surface area contributed by atoms with Crippen molar-refractivity contribution in [1.82, 2.24) is 9.97 Å². The van der Waals surface area contributed by atoms with E-state index in [1.807, 2.05) is 24.4 Å². The van der Waals surface area contributed by atoms with Gasteiger partial charge in [-0.05, 0) is 19.1 Å². The van der Waals surface area contributed by atoms with Crippen LogP contribution in [0.5, 0.6) is 28.7 Å². The molecular weight excluding hydrogens is 368 g/mol. The van der Waals surface area contributed by atoms with Crippen molar-refractivity contribution in [3.8, 4) is 50.6 Å².